The lowest BCUT2D eigenvalue weighted by Crippen LogP contribution is -2.36. The number of hydrogen-bond donors (Lipinski definition) is 1. The van der Waals surface area contributed by atoms with Gasteiger partial charge >= 0.3 is 0 Å². The van der Waals surface area contributed by atoms with E-state index < -0.39 is 6.10 Å². The van der Waals surface area contributed by atoms with Crippen LogP contribution in [0.15, 0.2) is 47.1 Å². The topological polar surface area (TPSA) is 51.2 Å². The maximum atomic E-state index is 13.0. The fraction of sp³-hybridized carbons (Fsp3) is 0.200. The molecule has 6 heteroatoms. The van der Waals surface area contributed by atoms with E-state index in [0.29, 0.717) is 16.8 Å². The van der Waals surface area contributed by atoms with Crippen LogP contribution in [0, 0.1) is 5.82 Å². The highest BCUT2D eigenvalue weighted by atomic mass is 79.9. The molecule has 21 heavy (non-hydrogen) atoms. The summed E-state index contributed by atoms with van der Waals surface area (Å²) in [5.41, 5.74) is 0.765. The number of carbonyl (C=O) groups is 1. The van der Waals surface area contributed by atoms with E-state index in [1.54, 1.807) is 13.1 Å². The lowest BCUT2D eigenvalue weighted by molar-refractivity contribution is -0.127. The molecule has 1 N–H and O–H groups in total. The first-order valence-electron chi connectivity index (χ1n) is 6.35. The quantitative estimate of drug-likeness (QED) is 0.899. The summed E-state index contributed by atoms with van der Waals surface area (Å²) < 4.78 is 18.9. The van der Waals surface area contributed by atoms with Crippen LogP contribution in [0.3, 0.4) is 0 Å². The normalized spacial score (nSPS) is 11.8. The number of amides is 1. The molecule has 2 rings (SSSR count). The van der Waals surface area contributed by atoms with Crippen molar-refractivity contribution in [1.82, 2.24) is 10.3 Å². The van der Waals surface area contributed by atoms with Gasteiger partial charge in [0, 0.05) is 6.20 Å². The number of nitrogens with one attached hydrogen (secondary N) is 1. The Hall–Kier alpha value is -1.95. The maximum Gasteiger partial charge on any atom is 0.261 e. The summed E-state index contributed by atoms with van der Waals surface area (Å²) in [6.45, 7) is 1.96. The molecule has 0 saturated heterocycles. The smallest absolute Gasteiger partial charge is 0.261 e. The molecule has 0 fully saturated rings. The van der Waals surface area contributed by atoms with E-state index in [9.17, 15) is 9.18 Å². The largest absolute Gasteiger partial charge is 0.480 e. The molecular weight excluding hydrogens is 339 g/mol. The van der Waals surface area contributed by atoms with Gasteiger partial charge in [-0.3, -0.25) is 9.78 Å². The van der Waals surface area contributed by atoms with Crippen molar-refractivity contribution in [3.05, 3.63) is 58.6 Å². The van der Waals surface area contributed by atoms with Gasteiger partial charge in [0.1, 0.15) is 11.6 Å². The second-order valence-corrected chi connectivity index (χ2v) is 5.23. The van der Waals surface area contributed by atoms with Crippen molar-refractivity contribution in [2.75, 3.05) is 0 Å². The molecule has 0 radical (unpaired) electrons. The van der Waals surface area contributed by atoms with Gasteiger partial charge in [-0.1, -0.05) is 6.07 Å². The Morgan fingerprint density at radius 1 is 1.43 bits per heavy atom. The predicted octanol–water partition coefficient (Wildman–Crippen LogP) is 3.07. The molecule has 1 unspecified atom stereocenters. The van der Waals surface area contributed by atoms with Gasteiger partial charge in [0.15, 0.2) is 6.10 Å². The molecule has 0 spiro atoms. The molecule has 0 bridgehead atoms. The number of ether oxygens (including phenoxy) is 1. The molecule has 4 nitrogen and oxygen atoms in total. The average molecular weight is 353 g/mol. The van der Waals surface area contributed by atoms with Crippen molar-refractivity contribution in [3.8, 4) is 5.75 Å². The predicted molar refractivity (Wildman–Crippen MR) is 80.3 cm³/mol. The van der Waals surface area contributed by atoms with Crippen LogP contribution >= 0.6 is 15.9 Å². The number of halogens is 2. The first kappa shape index (κ1) is 15.4. The Bertz CT molecular complexity index is 622. The van der Waals surface area contributed by atoms with Crippen LogP contribution in [0.5, 0.6) is 5.75 Å². The third kappa shape index (κ3) is 4.53. The second-order valence-electron chi connectivity index (χ2n) is 4.37. The standard InChI is InChI=1S/C15H14BrFN2O2/c1-10(21-14-6-5-11(17)8-13(14)16)15(20)19-9-12-4-2-3-7-18-12/h2-8,10H,9H2,1H3,(H,19,20). The second kappa shape index (κ2) is 7.17. The van der Waals surface area contributed by atoms with Gasteiger partial charge in [0.05, 0.1) is 16.7 Å². The lowest BCUT2D eigenvalue weighted by atomic mass is 10.3. The van der Waals surface area contributed by atoms with Crippen molar-refractivity contribution >= 4 is 21.8 Å². The third-order valence-electron chi connectivity index (χ3n) is 2.74. The van der Waals surface area contributed by atoms with E-state index in [4.69, 9.17) is 4.74 Å². The van der Waals surface area contributed by atoms with Gasteiger partial charge in [-0.15, -0.1) is 0 Å². The lowest BCUT2D eigenvalue weighted by Gasteiger charge is -2.15. The van der Waals surface area contributed by atoms with Crippen LogP contribution in [0.1, 0.15) is 12.6 Å². The third-order valence-corrected chi connectivity index (χ3v) is 3.36. The molecule has 110 valence electrons. The summed E-state index contributed by atoms with van der Waals surface area (Å²) in [6.07, 6.45) is 0.965. The molecule has 0 aliphatic heterocycles. The van der Waals surface area contributed by atoms with Gasteiger partial charge < -0.3 is 10.1 Å². The number of pyridine rings is 1. The molecule has 1 amide bonds. The van der Waals surface area contributed by atoms with Crippen LogP contribution in [0.2, 0.25) is 0 Å². The number of carbonyl (C=O) groups excluding carboxylic acids is 1. The van der Waals surface area contributed by atoms with Crippen molar-refractivity contribution in [3.63, 3.8) is 0 Å². The Kier molecular flexibility index (Phi) is 5.27. The minimum atomic E-state index is -0.699. The van der Waals surface area contributed by atoms with Crippen LogP contribution in [-0.4, -0.2) is 17.0 Å². The summed E-state index contributed by atoms with van der Waals surface area (Å²) in [5.74, 6) is -0.227. The van der Waals surface area contributed by atoms with Gasteiger partial charge in [0.2, 0.25) is 0 Å². The molecule has 1 aromatic carbocycles. The number of nitrogens with zero attached hydrogens (tertiary/aromatic N) is 1. The molecule has 0 aliphatic rings. The minimum Gasteiger partial charge on any atom is -0.480 e. The minimum absolute atomic E-state index is 0.267. The Morgan fingerprint density at radius 3 is 2.90 bits per heavy atom. The molecule has 1 heterocycles. The van der Waals surface area contributed by atoms with E-state index in [2.05, 4.69) is 26.2 Å². The summed E-state index contributed by atoms with van der Waals surface area (Å²) in [7, 11) is 0. The van der Waals surface area contributed by atoms with Crippen LogP contribution in [0.4, 0.5) is 4.39 Å². The van der Waals surface area contributed by atoms with Gasteiger partial charge in [0.25, 0.3) is 5.91 Å². The SMILES string of the molecule is CC(Oc1ccc(F)cc1Br)C(=O)NCc1ccccn1. The molecule has 2 aromatic rings. The highest BCUT2D eigenvalue weighted by Gasteiger charge is 2.16. The number of hydrogen-bond acceptors (Lipinski definition) is 3. The fourth-order valence-corrected chi connectivity index (χ4v) is 2.08. The average Bonchev–Trinajstić information content (AvgIpc) is 2.48. The molecular formula is C15H14BrFN2O2. The fourth-order valence-electron chi connectivity index (χ4n) is 1.64. The van der Waals surface area contributed by atoms with E-state index in [1.807, 2.05) is 18.2 Å². The van der Waals surface area contributed by atoms with E-state index in [-0.39, 0.29) is 11.7 Å². The highest BCUT2D eigenvalue weighted by Crippen LogP contribution is 2.26. The van der Waals surface area contributed by atoms with E-state index in [0.717, 1.165) is 5.69 Å². The Labute approximate surface area is 130 Å². The zero-order valence-corrected chi connectivity index (χ0v) is 12.9. The Balaban J connectivity index is 1.90. The van der Waals surface area contributed by atoms with Crippen molar-refractivity contribution in [2.24, 2.45) is 0 Å². The molecule has 0 aliphatic carbocycles. The van der Waals surface area contributed by atoms with Crippen molar-refractivity contribution in [2.45, 2.75) is 19.6 Å². The first-order chi connectivity index (χ1) is 10.1. The van der Waals surface area contributed by atoms with E-state index >= 15 is 0 Å². The summed E-state index contributed by atoms with van der Waals surface area (Å²) in [6, 6.07) is 9.52. The van der Waals surface area contributed by atoms with Crippen molar-refractivity contribution in [1.29, 1.82) is 0 Å². The molecule has 1 aromatic heterocycles. The number of aromatic nitrogens is 1. The zero-order valence-electron chi connectivity index (χ0n) is 11.3. The highest BCUT2D eigenvalue weighted by molar-refractivity contribution is 9.10. The van der Waals surface area contributed by atoms with Gasteiger partial charge in [-0.05, 0) is 53.2 Å². The van der Waals surface area contributed by atoms with E-state index in [1.165, 1.54) is 18.2 Å². The van der Waals surface area contributed by atoms with Gasteiger partial charge in [-0.25, -0.2) is 4.39 Å². The summed E-state index contributed by atoms with van der Waals surface area (Å²) in [5, 5.41) is 2.73. The number of benzene rings is 1. The van der Waals surface area contributed by atoms with Crippen LogP contribution < -0.4 is 10.1 Å². The Morgan fingerprint density at radius 2 is 2.24 bits per heavy atom. The molecule has 0 saturated carbocycles. The summed E-state index contributed by atoms with van der Waals surface area (Å²) >= 11 is 3.19. The van der Waals surface area contributed by atoms with Crippen molar-refractivity contribution < 1.29 is 13.9 Å². The number of rotatable bonds is 5. The van der Waals surface area contributed by atoms with Crippen LogP contribution in [-0.2, 0) is 11.3 Å². The first-order valence-corrected chi connectivity index (χ1v) is 7.15. The monoisotopic (exact) mass is 352 g/mol. The zero-order chi connectivity index (χ0) is 15.2. The summed E-state index contributed by atoms with van der Waals surface area (Å²) in [4.78, 5) is 16.1. The van der Waals surface area contributed by atoms with Crippen LogP contribution in [0.25, 0.3) is 0 Å². The van der Waals surface area contributed by atoms with Gasteiger partial charge in [-0.2, -0.15) is 0 Å². The maximum absolute atomic E-state index is 13.0. The molecule has 1 atom stereocenters.